The van der Waals surface area contributed by atoms with Crippen molar-refractivity contribution in [3.05, 3.63) is 24.0 Å². The molecule has 9 heteroatoms. The van der Waals surface area contributed by atoms with Gasteiger partial charge in [0.15, 0.2) is 6.29 Å². The number of nitrogens with zero attached hydrogens (tertiary/aromatic N) is 1. The number of aliphatic imine (C=N–C) groups is 1. The molecule has 0 spiro atoms. The average Bonchev–Trinajstić information content (AvgIpc) is 2.65. The number of hydroxylamine groups is 1. The van der Waals surface area contributed by atoms with Gasteiger partial charge in [-0.2, -0.15) is 0 Å². The van der Waals surface area contributed by atoms with Gasteiger partial charge < -0.3 is 25.9 Å². The van der Waals surface area contributed by atoms with E-state index in [2.05, 4.69) is 21.1 Å². The van der Waals surface area contributed by atoms with Gasteiger partial charge in [-0.25, -0.2) is 10.3 Å². The number of hydrogen-bond donors (Lipinski definition) is 4. The van der Waals surface area contributed by atoms with Gasteiger partial charge in [-0.05, 0) is 32.3 Å². The molecule has 3 unspecified atom stereocenters. The largest absolute Gasteiger partial charge is 0.377 e. The number of rotatable bonds is 8. The van der Waals surface area contributed by atoms with Gasteiger partial charge in [0.05, 0.1) is 12.2 Å². The number of ether oxygens (including phenoxy) is 1. The molecule has 2 heterocycles. The van der Waals surface area contributed by atoms with E-state index < -0.39 is 6.04 Å². The Hall–Kier alpha value is -2.23. The fourth-order valence-electron chi connectivity index (χ4n) is 2.49. The van der Waals surface area contributed by atoms with Crippen molar-refractivity contribution in [2.24, 2.45) is 10.7 Å². The van der Waals surface area contributed by atoms with Crippen molar-refractivity contribution >= 4 is 18.0 Å². The molecule has 0 aromatic heterocycles. The van der Waals surface area contributed by atoms with E-state index in [-0.39, 0.29) is 18.2 Å². The molecule has 0 radical (unpaired) electrons. The number of carbonyl (C=O) groups excluding carboxylic acids is 2. The van der Waals surface area contributed by atoms with E-state index >= 15 is 0 Å². The second-order valence-corrected chi connectivity index (χ2v) is 6.30. The summed E-state index contributed by atoms with van der Waals surface area (Å²) in [5.74, 6) is 0.265. The first kappa shape index (κ1) is 20.1. The van der Waals surface area contributed by atoms with Crippen molar-refractivity contribution < 1.29 is 19.2 Å². The predicted octanol–water partition coefficient (Wildman–Crippen LogP) is -0.145. The third-order valence-electron chi connectivity index (χ3n) is 3.79. The number of amides is 1. The predicted molar refractivity (Wildman–Crippen MR) is 96.7 cm³/mol. The quantitative estimate of drug-likeness (QED) is 0.268. The summed E-state index contributed by atoms with van der Waals surface area (Å²) in [6.07, 6.45) is 8.36. The summed E-state index contributed by atoms with van der Waals surface area (Å²) in [6.45, 7) is 2.91. The normalized spacial score (nSPS) is 24.3. The Morgan fingerprint density at radius 2 is 2.42 bits per heavy atom. The lowest BCUT2D eigenvalue weighted by Crippen LogP contribution is -2.38. The summed E-state index contributed by atoms with van der Waals surface area (Å²) in [5.41, 5.74) is 8.76. The summed E-state index contributed by atoms with van der Waals surface area (Å²) in [6, 6.07) is -0.561. The Balaban J connectivity index is 1.76. The highest BCUT2D eigenvalue weighted by atomic mass is 16.8. The number of allylic oxidation sites excluding steroid dienone is 1. The average molecular weight is 365 g/mol. The van der Waals surface area contributed by atoms with Crippen LogP contribution in [-0.2, 0) is 19.2 Å². The molecule has 1 fully saturated rings. The summed E-state index contributed by atoms with van der Waals surface area (Å²) < 4.78 is 5.36. The third-order valence-corrected chi connectivity index (χ3v) is 3.79. The summed E-state index contributed by atoms with van der Waals surface area (Å²) >= 11 is 0. The minimum Gasteiger partial charge on any atom is -0.377 e. The van der Waals surface area contributed by atoms with E-state index in [1.54, 1.807) is 12.3 Å². The maximum absolute atomic E-state index is 11.8. The van der Waals surface area contributed by atoms with Gasteiger partial charge in [0.1, 0.15) is 18.2 Å². The van der Waals surface area contributed by atoms with E-state index in [9.17, 15) is 9.59 Å². The molecule has 26 heavy (non-hydrogen) atoms. The molecule has 0 aliphatic carbocycles. The second-order valence-electron chi connectivity index (χ2n) is 6.30. The van der Waals surface area contributed by atoms with Crippen molar-refractivity contribution in [1.29, 1.82) is 0 Å². The van der Waals surface area contributed by atoms with Crippen LogP contribution >= 0.6 is 0 Å². The molecule has 2 rings (SSSR count). The number of carbonyl (C=O) groups is 2. The van der Waals surface area contributed by atoms with Crippen molar-refractivity contribution in [2.45, 2.75) is 51.0 Å². The minimum atomic E-state index is -0.463. The minimum absolute atomic E-state index is 0.0973. The zero-order chi connectivity index (χ0) is 18.8. The first-order valence-electron chi connectivity index (χ1n) is 8.80. The van der Waals surface area contributed by atoms with Gasteiger partial charge in [0.2, 0.25) is 0 Å². The highest BCUT2D eigenvalue weighted by Crippen LogP contribution is 2.12. The van der Waals surface area contributed by atoms with Crippen LogP contribution in [0.25, 0.3) is 0 Å². The highest BCUT2D eigenvalue weighted by Gasteiger charge is 2.15. The van der Waals surface area contributed by atoms with Gasteiger partial charge in [-0.3, -0.25) is 9.79 Å². The topological polar surface area (TPSA) is 127 Å². The van der Waals surface area contributed by atoms with Crippen molar-refractivity contribution in [3.8, 4) is 0 Å². The van der Waals surface area contributed by atoms with Crippen molar-refractivity contribution in [2.75, 3.05) is 13.2 Å². The fourth-order valence-corrected chi connectivity index (χ4v) is 2.49. The molecule has 1 amide bonds. The summed E-state index contributed by atoms with van der Waals surface area (Å²) in [7, 11) is 0. The van der Waals surface area contributed by atoms with E-state index in [1.165, 1.54) is 6.08 Å². The van der Waals surface area contributed by atoms with Crippen LogP contribution in [0.1, 0.15) is 32.6 Å². The Labute approximate surface area is 153 Å². The van der Waals surface area contributed by atoms with E-state index in [4.69, 9.17) is 15.3 Å². The van der Waals surface area contributed by atoms with Crippen LogP contribution in [0.2, 0.25) is 0 Å². The van der Waals surface area contributed by atoms with E-state index in [0.29, 0.717) is 31.1 Å². The number of aldehydes is 1. The first-order valence-corrected chi connectivity index (χ1v) is 8.80. The molecular weight excluding hydrogens is 338 g/mol. The van der Waals surface area contributed by atoms with Crippen molar-refractivity contribution in [3.63, 3.8) is 0 Å². The molecule has 3 atom stereocenters. The lowest BCUT2D eigenvalue weighted by Gasteiger charge is -2.21. The van der Waals surface area contributed by atoms with Crippen LogP contribution in [-0.4, -0.2) is 49.6 Å². The smallest absolute Gasteiger partial charge is 0.267 e. The molecular formula is C17H27N5O4. The standard InChI is InChI=1S/C17H27N5O4/c1-12(18)8-14(11-23)21-15-10-19-13(9-20-15)5-6-16(24)22-26-17-4-2-3-7-25-17/h5-6,9,11-12,14,17,19H,2-4,7-8,10,18H2,1H3,(H,20,21)(H,22,24)/b6-5+. The van der Waals surface area contributed by atoms with Gasteiger partial charge in [-0.1, -0.05) is 0 Å². The van der Waals surface area contributed by atoms with Crippen LogP contribution in [0.3, 0.4) is 0 Å². The van der Waals surface area contributed by atoms with Crippen LogP contribution in [0, 0.1) is 0 Å². The van der Waals surface area contributed by atoms with Gasteiger partial charge in [0, 0.05) is 31.3 Å². The Bertz CT molecular complexity index is 568. The molecule has 2 aliphatic heterocycles. The molecule has 0 bridgehead atoms. The number of hydrogen-bond acceptors (Lipinski definition) is 7. The van der Waals surface area contributed by atoms with Gasteiger partial charge in [0.25, 0.3) is 5.91 Å². The zero-order valence-electron chi connectivity index (χ0n) is 14.9. The maximum Gasteiger partial charge on any atom is 0.267 e. The van der Waals surface area contributed by atoms with Crippen LogP contribution in [0.4, 0.5) is 0 Å². The third kappa shape index (κ3) is 7.34. The molecule has 0 aromatic rings. The lowest BCUT2D eigenvalue weighted by atomic mass is 10.1. The van der Waals surface area contributed by atoms with Crippen LogP contribution in [0.5, 0.6) is 0 Å². The highest BCUT2D eigenvalue weighted by molar-refractivity contribution is 5.89. The van der Waals surface area contributed by atoms with Crippen molar-refractivity contribution in [1.82, 2.24) is 16.1 Å². The zero-order valence-corrected chi connectivity index (χ0v) is 14.9. The number of nitrogens with two attached hydrogens (primary N) is 1. The lowest BCUT2D eigenvalue weighted by molar-refractivity contribution is -0.198. The molecule has 9 nitrogen and oxygen atoms in total. The maximum atomic E-state index is 11.8. The number of amidine groups is 1. The monoisotopic (exact) mass is 365 g/mol. The molecule has 5 N–H and O–H groups in total. The molecule has 0 aromatic carbocycles. The molecule has 144 valence electrons. The van der Waals surface area contributed by atoms with Gasteiger partial charge in [-0.15, -0.1) is 0 Å². The van der Waals surface area contributed by atoms with E-state index in [0.717, 1.165) is 25.5 Å². The van der Waals surface area contributed by atoms with Crippen LogP contribution < -0.4 is 21.8 Å². The van der Waals surface area contributed by atoms with Crippen LogP contribution in [0.15, 0.2) is 29.0 Å². The Morgan fingerprint density at radius 1 is 1.58 bits per heavy atom. The SMILES string of the molecule is CC(N)CC(C=O)N=C1CNC(/C=C/C(=O)NOC2CCCCO2)=CN1. The Kier molecular flexibility index (Phi) is 8.26. The molecule has 1 saturated heterocycles. The summed E-state index contributed by atoms with van der Waals surface area (Å²) in [4.78, 5) is 32.3. The number of nitrogens with one attached hydrogen (secondary N) is 3. The second kappa shape index (κ2) is 10.7. The fraction of sp³-hybridized carbons (Fsp3) is 0.588. The molecule has 2 aliphatic rings. The molecule has 0 saturated carbocycles. The van der Waals surface area contributed by atoms with E-state index in [1.807, 2.05) is 6.92 Å². The first-order chi connectivity index (χ1) is 12.6. The summed E-state index contributed by atoms with van der Waals surface area (Å²) in [5, 5.41) is 6.11. The van der Waals surface area contributed by atoms with Gasteiger partial charge >= 0.3 is 0 Å². The Morgan fingerprint density at radius 3 is 3.04 bits per heavy atom.